The van der Waals surface area contributed by atoms with Crippen molar-refractivity contribution >= 4 is 5.69 Å². The molecule has 1 aromatic rings. The van der Waals surface area contributed by atoms with E-state index in [1.807, 2.05) is 0 Å². The Morgan fingerprint density at radius 1 is 1.21 bits per heavy atom. The number of benzene rings is 1. The first-order valence-electron chi connectivity index (χ1n) is 6.94. The van der Waals surface area contributed by atoms with E-state index in [0.717, 1.165) is 32.6 Å². The van der Waals surface area contributed by atoms with Gasteiger partial charge in [-0.1, -0.05) is 18.2 Å². The molecular formula is C15H22N2O2. The van der Waals surface area contributed by atoms with Crippen molar-refractivity contribution in [3.05, 3.63) is 29.3 Å². The Morgan fingerprint density at radius 3 is 2.63 bits per heavy atom. The summed E-state index contributed by atoms with van der Waals surface area (Å²) in [7, 11) is 3.53. The second-order valence-electron chi connectivity index (χ2n) is 5.37. The third-order valence-electron chi connectivity index (χ3n) is 4.22. The molecule has 1 N–H and O–H groups in total. The summed E-state index contributed by atoms with van der Waals surface area (Å²) in [4.78, 5) is 2.41. The molecule has 1 saturated heterocycles. The van der Waals surface area contributed by atoms with E-state index in [4.69, 9.17) is 9.47 Å². The maximum Gasteiger partial charge on any atom is 0.0971 e. The summed E-state index contributed by atoms with van der Waals surface area (Å²) >= 11 is 0. The number of likely N-dealkylation sites (tertiary alicyclic amines) is 1. The number of methoxy groups -OCH3 is 2. The van der Waals surface area contributed by atoms with E-state index in [-0.39, 0.29) is 12.2 Å². The van der Waals surface area contributed by atoms with Crippen LogP contribution in [-0.2, 0) is 22.4 Å². The molecule has 2 atom stereocenters. The van der Waals surface area contributed by atoms with Gasteiger partial charge in [0.1, 0.15) is 0 Å². The first-order valence-corrected chi connectivity index (χ1v) is 6.94. The zero-order valence-electron chi connectivity index (χ0n) is 11.7. The Labute approximate surface area is 114 Å². The van der Waals surface area contributed by atoms with Gasteiger partial charge < -0.3 is 14.8 Å². The molecule has 3 rings (SSSR count). The highest BCUT2D eigenvalue weighted by Gasteiger charge is 2.33. The van der Waals surface area contributed by atoms with Crippen LogP contribution in [-0.4, -0.2) is 51.0 Å². The van der Waals surface area contributed by atoms with E-state index in [0.29, 0.717) is 0 Å². The second-order valence-corrected chi connectivity index (χ2v) is 5.37. The molecule has 0 aromatic heterocycles. The minimum atomic E-state index is 0.190. The Kier molecular flexibility index (Phi) is 3.73. The number of rotatable bonds is 4. The Hall–Kier alpha value is -1.10. The van der Waals surface area contributed by atoms with Crippen LogP contribution in [0.2, 0.25) is 0 Å². The third-order valence-corrected chi connectivity index (χ3v) is 4.22. The fraction of sp³-hybridized carbons (Fsp3) is 0.600. The first kappa shape index (κ1) is 12.9. The van der Waals surface area contributed by atoms with E-state index in [1.165, 1.54) is 16.8 Å². The van der Waals surface area contributed by atoms with E-state index in [9.17, 15) is 0 Å². The largest absolute Gasteiger partial charge is 0.384 e. The number of nitrogens with one attached hydrogen (secondary N) is 1. The Morgan fingerprint density at radius 2 is 1.95 bits per heavy atom. The number of anilines is 1. The maximum atomic E-state index is 5.49. The van der Waals surface area contributed by atoms with Gasteiger partial charge in [0.2, 0.25) is 0 Å². The summed E-state index contributed by atoms with van der Waals surface area (Å²) in [5, 5.41) is 3.50. The predicted molar refractivity (Wildman–Crippen MR) is 75.5 cm³/mol. The Bertz CT molecular complexity index is 438. The highest BCUT2D eigenvalue weighted by atomic mass is 16.5. The van der Waals surface area contributed by atoms with Gasteiger partial charge in [-0.15, -0.1) is 0 Å². The van der Waals surface area contributed by atoms with Crippen molar-refractivity contribution in [2.75, 3.05) is 39.2 Å². The number of fused-ring (bicyclic) bond motifs is 1. The smallest absolute Gasteiger partial charge is 0.0971 e. The lowest BCUT2D eigenvalue weighted by atomic mass is 10.1. The summed E-state index contributed by atoms with van der Waals surface area (Å²) < 4.78 is 11.0. The van der Waals surface area contributed by atoms with Crippen LogP contribution < -0.4 is 5.32 Å². The summed E-state index contributed by atoms with van der Waals surface area (Å²) in [6.45, 7) is 3.92. The number of para-hydroxylation sites is 1. The predicted octanol–water partition coefficient (Wildman–Crippen LogP) is 1.50. The van der Waals surface area contributed by atoms with Crippen molar-refractivity contribution in [1.82, 2.24) is 4.90 Å². The van der Waals surface area contributed by atoms with Gasteiger partial charge in [0.15, 0.2) is 0 Å². The molecule has 0 spiro atoms. The van der Waals surface area contributed by atoms with Crippen LogP contribution in [0.5, 0.6) is 0 Å². The standard InChI is InChI=1S/C15H22N2O2/c1-18-13-9-17(10-14(13)19-2)8-12-5-3-4-11-6-7-16-15(11)12/h3-5,13-14,16H,6-10H2,1-2H3/t13-,14+. The van der Waals surface area contributed by atoms with Crippen molar-refractivity contribution in [3.8, 4) is 0 Å². The lowest BCUT2D eigenvalue weighted by Crippen LogP contribution is -2.27. The zero-order chi connectivity index (χ0) is 13.2. The molecular weight excluding hydrogens is 240 g/mol. The summed E-state index contributed by atoms with van der Waals surface area (Å²) in [5.41, 5.74) is 4.18. The van der Waals surface area contributed by atoms with Crippen molar-refractivity contribution in [2.45, 2.75) is 25.2 Å². The SMILES string of the molecule is CO[C@H]1CN(Cc2cccc3c2NCC3)C[C@H]1OC. The number of nitrogens with zero attached hydrogens (tertiary/aromatic N) is 1. The molecule has 0 bridgehead atoms. The topological polar surface area (TPSA) is 33.7 Å². The molecule has 0 saturated carbocycles. The number of hydrogen-bond donors (Lipinski definition) is 1. The quantitative estimate of drug-likeness (QED) is 0.891. The lowest BCUT2D eigenvalue weighted by Gasteiger charge is -2.17. The lowest BCUT2D eigenvalue weighted by molar-refractivity contribution is -0.00461. The van der Waals surface area contributed by atoms with Crippen LogP contribution in [0.1, 0.15) is 11.1 Å². The van der Waals surface area contributed by atoms with Crippen molar-refractivity contribution in [1.29, 1.82) is 0 Å². The molecule has 2 aliphatic heterocycles. The highest BCUT2D eigenvalue weighted by Crippen LogP contribution is 2.28. The van der Waals surface area contributed by atoms with Crippen molar-refractivity contribution in [3.63, 3.8) is 0 Å². The van der Waals surface area contributed by atoms with Crippen LogP contribution in [0.25, 0.3) is 0 Å². The van der Waals surface area contributed by atoms with Gasteiger partial charge in [0.05, 0.1) is 12.2 Å². The van der Waals surface area contributed by atoms with Crippen molar-refractivity contribution in [2.24, 2.45) is 0 Å². The minimum Gasteiger partial charge on any atom is -0.384 e. The van der Waals surface area contributed by atoms with Crippen LogP contribution in [0.15, 0.2) is 18.2 Å². The molecule has 0 radical (unpaired) electrons. The fourth-order valence-electron chi connectivity index (χ4n) is 3.18. The molecule has 1 aromatic carbocycles. The number of hydrogen-bond acceptors (Lipinski definition) is 4. The Balaban J connectivity index is 1.71. The molecule has 1 fully saturated rings. The van der Waals surface area contributed by atoms with Crippen molar-refractivity contribution < 1.29 is 9.47 Å². The summed E-state index contributed by atoms with van der Waals surface area (Å²) in [6.07, 6.45) is 1.52. The average Bonchev–Trinajstić information content (AvgIpc) is 3.04. The summed E-state index contributed by atoms with van der Waals surface area (Å²) in [5.74, 6) is 0. The molecule has 4 heteroatoms. The van der Waals surface area contributed by atoms with Gasteiger partial charge in [-0.2, -0.15) is 0 Å². The van der Waals surface area contributed by atoms with Crippen LogP contribution in [0.3, 0.4) is 0 Å². The maximum absolute atomic E-state index is 5.49. The minimum absolute atomic E-state index is 0.190. The molecule has 19 heavy (non-hydrogen) atoms. The van der Waals surface area contributed by atoms with Gasteiger partial charge >= 0.3 is 0 Å². The van der Waals surface area contributed by atoms with E-state index in [1.54, 1.807) is 14.2 Å². The van der Waals surface area contributed by atoms with Crippen LogP contribution in [0, 0.1) is 0 Å². The molecule has 0 aliphatic carbocycles. The fourth-order valence-corrected chi connectivity index (χ4v) is 3.18. The summed E-state index contributed by atoms with van der Waals surface area (Å²) in [6, 6.07) is 6.61. The molecule has 4 nitrogen and oxygen atoms in total. The van der Waals surface area contributed by atoms with Gasteiger partial charge in [0.25, 0.3) is 0 Å². The van der Waals surface area contributed by atoms with E-state index in [2.05, 4.69) is 28.4 Å². The van der Waals surface area contributed by atoms with Gasteiger partial charge in [-0.25, -0.2) is 0 Å². The molecule has 104 valence electrons. The van der Waals surface area contributed by atoms with Gasteiger partial charge in [0, 0.05) is 46.1 Å². The third kappa shape index (κ3) is 2.48. The first-order chi connectivity index (χ1) is 9.31. The molecule has 0 amide bonds. The van der Waals surface area contributed by atoms with Gasteiger partial charge in [-0.3, -0.25) is 4.90 Å². The van der Waals surface area contributed by atoms with Crippen LogP contribution in [0.4, 0.5) is 5.69 Å². The molecule has 2 heterocycles. The second kappa shape index (κ2) is 5.49. The van der Waals surface area contributed by atoms with Gasteiger partial charge in [-0.05, 0) is 17.5 Å². The highest BCUT2D eigenvalue weighted by molar-refractivity contribution is 5.61. The molecule has 2 aliphatic rings. The monoisotopic (exact) mass is 262 g/mol. The molecule has 0 unspecified atom stereocenters. The number of ether oxygens (including phenoxy) is 2. The van der Waals surface area contributed by atoms with E-state index < -0.39 is 0 Å². The normalized spacial score (nSPS) is 26.4. The van der Waals surface area contributed by atoms with E-state index >= 15 is 0 Å². The zero-order valence-corrected chi connectivity index (χ0v) is 11.7. The average molecular weight is 262 g/mol. The van der Waals surface area contributed by atoms with Crippen LogP contribution >= 0.6 is 0 Å².